The molecule has 2 aromatic rings. The van der Waals surface area contributed by atoms with Crippen LogP contribution in [-0.2, 0) is 4.79 Å². The number of aliphatic hydroxyl groups is 1. The summed E-state index contributed by atoms with van der Waals surface area (Å²) in [4.78, 5) is 13.4. The Bertz CT molecular complexity index is 892. The SMILES string of the molecule is Cc1cc2cc(OCC3=CC=CN(C4(C(N)=O)CC4)C3O)ccc2o1. The summed E-state index contributed by atoms with van der Waals surface area (Å²) in [6.07, 6.45) is 5.73. The minimum Gasteiger partial charge on any atom is -0.489 e. The molecule has 6 heteroatoms. The Balaban J connectivity index is 1.47. The van der Waals surface area contributed by atoms with Crippen molar-refractivity contribution in [1.29, 1.82) is 0 Å². The molecule has 0 spiro atoms. The molecule has 1 aliphatic carbocycles. The number of carbonyl (C=O) groups excluding carboxylic acids is 1. The molecule has 1 aromatic heterocycles. The molecule has 1 saturated carbocycles. The number of rotatable bonds is 5. The fourth-order valence-electron chi connectivity index (χ4n) is 3.27. The lowest BCUT2D eigenvalue weighted by molar-refractivity contribution is -0.127. The van der Waals surface area contributed by atoms with E-state index in [4.69, 9.17) is 14.9 Å². The third-order valence-corrected chi connectivity index (χ3v) is 4.85. The van der Waals surface area contributed by atoms with Gasteiger partial charge in [0.2, 0.25) is 5.91 Å². The van der Waals surface area contributed by atoms with Gasteiger partial charge in [-0.05, 0) is 50.1 Å². The molecule has 2 aliphatic rings. The number of primary amides is 1. The molecule has 2 heterocycles. The zero-order valence-corrected chi connectivity index (χ0v) is 13.9. The van der Waals surface area contributed by atoms with E-state index >= 15 is 0 Å². The van der Waals surface area contributed by atoms with Crippen LogP contribution in [0, 0.1) is 6.92 Å². The summed E-state index contributed by atoms with van der Waals surface area (Å²) in [5.74, 6) is 1.14. The number of carbonyl (C=O) groups is 1. The Hall–Kier alpha value is -2.73. The average Bonchev–Trinajstić information content (AvgIpc) is 3.30. The van der Waals surface area contributed by atoms with Crippen molar-refractivity contribution in [3.63, 3.8) is 0 Å². The number of aryl methyl sites for hydroxylation is 1. The van der Waals surface area contributed by atoms with Gasteiger partial charge in [0.15, 0.2) is 6.23 Å². The van der Waals surface area contributed by atoms with Crippen LogP contribution in [0.25, 0.3) is 11.0 Å². The normalized spacial score (nSPS) is 21.3. The molecule has 1 atom stereocenters. The molecule has 6 nitrogen and oxygen atoms in total. The number of ether oxygens (including phenoxy) is 1. The molecule has 0 radical (unpaired) electrons. The Labute approximate surface area is 145 Å². The van der Waals surface area contributed by atoms with Crippen molar-refractivity contribution >= 4 is 16.9 Å². The standard InChI is InChI=1S/C19H20N2O4/c1-12-9-14-10-15(4-5-16(14)25-12)24-11-13-3-2-8-21(17(13)22)19(6-7-19)18(20)23/h2-5,8-10,17,22H,6-7,11H2,1H3,(H2,20,23). The van der Waals surface area contributed by atoms with Crippen molar-refractivity contribution in [2.24, 2.45) is 5.73 Å². The van der Waals surface area contributed by atoms with Crippen LogP contribution in [0.1, 0.15) is 18.6 Å². The zero-order valence-electron chi connectivity index (χ0n) is 13.9. The van der Waals surface area contributed by atoms with E-state index in [1.165, 1.54) is 0 Å². The minimum absolute atomic E-state index is 0.221. The van der Waals surface area contributed by atoms with Gasteiger partial charge in [0, 0.05) is 17.2 Å². The summed E-state index contributed by atoms with van der Waals surface area (Å²) in [7, 11) is 0. The number of hydrogen-bond donors (Lipinski definition) is 2. The van der Waals surface area contributed by atoms with Crippen LogP contribution in [0.4, 0.5) is 0 Å². The Kier molecular flexibility index (Phi) is 3.58. The third kappa shape index (κ3) is 2.68. The predicted octanol–water partition coefficient (Wildman–Crippen LogP) is 2.21. The van der Waals surface area contributed by atoms with E-state index in [0.29, 0.717) is 24.2 Å². The van der Waals surface area contributed by atoms with Crippen LogP contribution < -0.4 is 10.5 Å². The molecular formula is C19H20N2O4. The molecule has 4 rings (SSSR count). The van der Waals surface area contributed by atoms with Gasteiger partial charge in [-0.25, -0.2) is 0 Å². The van der Waals surface area contributed by atoms with Crippen LogP contribution in [-0.4, -0.2) is 34.3 Å². The van der Waals surface area contributed by atoms with E-state index in [0.717, 1.165) is 16.7 Å². The van der Waals surface area contributed by atoms with Crippen molar-refractivity contribution in [1.82, 2.24) is 4.90 Å². The molecule has 1 unspecified atom stereocenters. The molecule has 25 heavy (non-hydrogen) atoms. The van der Waals surface area contributed by atoms with Crippen LogP contribution in [0.5, 0.6) is 5.75 Å². The van der Waals surface area contributed by atoms with Gasteiger partial charge in [-0.15, -0.1) is 0 Å². The summed E-state index contributed by atoms with van der Waals surface area (Å²) >= 11 is 0. The second-order valence-electron chi connectivity index (χ2n) is 6.61. The summed E-state index contributed by atoms with van der Waals surface area (Å²) in [6, 6.07) is 7.55. The number of allylic oxidation sites excluding steroid dienone is 2. The van der Waals surface area contributed by atoms with Gasteiger partial charge in [-0.1, -0.05) is 6.08 Å². The van der Waals surface area contributed by atoms with Crippen molar-refractivity contribution in [2.45, 2.75) is 31.5 Å². The smallest absolute Gasteiger partial charge is 0.243 e. The predicted molar refractivity (Wildman–Crippen MR) is 92.7 cm³/mol. The van der Waals surface area contributed by atoms with Crippen LogP contribution in [0.15, 0.2) is 52.6 Å². The highest BCUT2D eigenvalue weighted by Gasteiger charge is 2.55. The number of nitrogens with two attached hydrogens (primary N) is 1. The average molecular weight is 340 g/mol. The number of aliphatic hydroxyl groups excluding tert-OH is 1. The van der Waals surface area contributed by atoms with E-state index in [1.807, 2.05) is 31.2 Å². The van der Waals surface area contributed by atoms with Crippen molar-refractivity contribution in [3.05, 3.63) is 54.0 Å². The van der Waals surface area contributed by atoms with Gasteiger partial charge in [0.05, 0.1) is 0 Å². The highest BCUT2D eigenvalue weighted by atomic mass is 16.5. The fourth-order valence-corrected chi connectivity index (χ4v) is 3.27. The monoisotopic (exact) mass is 340 g/mol. The summed E-state index contributed by atoms with van der Waals surface area (Å²) in [5, 5.41) is 11.6. The lowest BCUT2D eigenvalue weighted by Gasteiger charge is -2.36. The first-order valence-corrected chi connectivity index (χ1v) is 8.26. The quantitative estimate of drug-likeness (QED) is 0.871. The van der Waals surface area contributed by atoms with Crippen molar-refractivity contribution < 1.29 is 19.1 Å². The molecule has 0 bridgehead atoms. The maximum atomic E-state index is 11.7. The molecule has 1 aromatic carbocycles. The Morgan fingerprint density at radius 1 is 1.44 bits per heavy atom. The van der Waals surface area contributed by atoms with Crippen molar-refractivity contribution in [3.8, 4) is 5.75 Å². The van der Waals surface area contributed by atoms with Crippen molar-refractivity contribution in [2.75, 3.05) is 6.61 Å². The summed E-state index contributed by atoms with van der Waals surface area (Å²) in [6.45, 7) is 2.12. The second-order valence-corrected chi connectivity index (χ2v) is 6.61. The zero-order chi connectivity index (χ0) is 17.6. The van der Waals surface area contributed by atoms with E-state index < -0.39 is 17.7 Å². The summed E-state index contributed by atoms with van der Waals surface area (Å²) in [5.41, 5.74) is 6.24. The number of furan rings is 1. The van der Waals surface area contributed by atoms with E-state index in [-0.39, 0.29) is 6.61 Å². The van der Waals surface area contributed by atoms with Gasteiger partial charge >= 0.3 is 0 Å². The number of amides is 1. The van der Waals surface area contributed by atoms with Crippen LogP contribution >= 0.6 is 0 Å². The lowest BCUT2D eigenvalue weighted by Crippen LogP contribution is -2.51. The number of hydrogen-bond acceptors (Lipinski definition) is 5. The number of nitrogens with zero attached hydrogens (tertiary/aromatic N) is 1. The van der Waals surface area contributed by atoms with E-state index in [9.17, 15) is 9.90 Å². The molecular weight excluding hydrogens is 320 g/mol. The first-order valence-electron chi connectivity index (χ1n) is 8.26. The van der Waals surface area contributed by atoms with Gasteiger partial charge < -0.3 is 24.9 Å². The highest BCUT2D eigenvalue weighted by Crippen LogP contribution is 2.44. The maximum absolute atomic E-state index is 11.7. The molecule has 130 valence electrons. The number of fused-ring (bicyclic) bond motifs is 1. The van der Waals surface area contributed by atoms with Gasteiger partial charge in [0.25, 0.3) is 0 Å². The molecule has 1 amide bonds. The lowest BCUT2D eigenvalue weighted by atomic mass is 10.1. The first kappa shape index (κ1) is 15.8. The van der Waals surface area contributed by atoms with E-state index in [2.05, 4.69) is 0 Å². The largest absolute Gasteiger partial charge is 0.489 e. The molecule has 1 aliphatic heterocycles. The second kappa shape index (κ2) is 5.67. The topological polar surface area (TPSA) is 88.9 Å². The Morgan fingerprint density at radius 2 is 2.24 bits per heavy atom. The van der Waals surface area contributed by atoms with Gasteiger partial charge in [-0.3, -0.25) is 4.79 Å². The van der Waals surface area contributed by atoms with E-state index in [1.54, 1.807) is 23.3 Å². The maximum Gasteiger partial charge on any atom is 0.243 e. The molecule has 3 N–H and O–H groups in total. The number of benzene rings is 1. The van der Waals surface area contributed by atoms with Gasteiger partial charge in [-0.2, -0.15) is 0 Å². The van der Waals surface area contributed by atoms with Crippen LogP contribution in [0.2, 0.25) is 0 Å². The third-order valence-electron chi connectivity index (χ3n) is 4.85. The summed E-state index contributed by atoms with van der Waals surface area (Å²) < 4.78 is 11.4. The minimum atomic E-state index is -0.917. The Morgan fingerprint density at radius 3 is 2.96 bits per heavy atom. The highest BCUT2D eigenvalue weighted by molar-refractivity contribution is 5.88. The van der Waals surface area contributed by atoms with Crippen LogP contribution in [0.3, 0.4) is 0 Å². The molecule has 0 saturated heterocycles. The first-order chi connectivity index (χ1) is 12.0. The molecule has 1 fully saturated rings. The van der Waals surface area contributed by atoms with Gasteiger partial charge in [0.1, 0.15) is 29.2 Å². The fraction of sp³-hybridized carbons (Fsp3) is 0.316.